The van der Waals surface area contributed by atoms with Crippen LogP contribution in [-0.4, -0.2) is 20.1 Å². The average molecular weight is 331 g/mol. The largest absolute Gasteiger partial charge is 0.497 e. The lowest BCUT2D eigenvalue weighted by atomic mass is 10.1. The van der Waals surface area contributed by atoms with Crippen LogP contribution in [0, 0.1) is 6.92 Å². The Hall–Kier alpha value is -2.27. The predicted molar refractivity (Wildman–Crippen MR) is 94.2 cm³/mol. The molecule has 0 aliphatic carbocycles. The van der Waals surface area contributed by atoms with Gasteiger partial charge in [0.25, 0.3) is 0 Å². The summed E-state index contributed by atoms with van der Waals surface area (Å²) >= 11 is 1.61. The molecule has 1 aromatic carbocycles. The summed E-state index contributed by atoms with van der Waals surface area (Å²) in [6.07, 6.45) is 3.40. The minimum absolute atomic E-state index is 0.143. The van der Waals surface area contributed by atoms with Crippen molar-refractivity contribution in [2.75, 3.05) is 14.2 Å². The van der Waals surface area contributed by atoms with E-state index >= 15 is 0 Å². The van der Waals surface area contributed by atoms with Gasteiger partial charge >= 0.3 is 0 Å². The minimum atomic E-state index is -0.193. The number of ether oxygens (including phenoxy) is 2. The Morgan fingerprint density at radius 2 is 2.04 bits per heavy atom. The first-order chi connectivity index (χ1) is 11.0. The molecule has 0 saturated heterocycles. The van der Waals surface area contributed by atoms with E-state index in [0.717, 1.165) is 21.9 Å². The second-order valence-corrected chi connectivity index (χ2v) is 6.09. The molecule has 5 heteroatoms. The SMILES string of the molecule is COc1ccc(OC)c([C@@H](C)NC(=O)/C=C/c2sccc2C)c1. The van der Waals surface area contributed by atoms with Gasteiger partial charge < -0.3 is 14.8 Å². The van der Waals surface area contributed by atoms with Crippen molar-refractivity contribution in [3.05, 3.63) is 51.7 Å². The molecular formula is C18H21NO3S. The van der Waals surface area contributed by atoms with E-state index in [1.165, 1.54) is 5.56 Å². The van der Waals surface area contributed by atoms with E-state index in [2.05, 4.69) is 5.32 Å². The van der Waals surface area contributed by atoms with Gasteiger partial charge in [0.2, 0.25) is 5.91 Å². The van der Waals surface area contributed by atoms with Gasteiger partial charge in [-0.25, -0.2) is 0 Å². The highest BCUT2D eigenvalue weighted by Crippen LogP contribution is 2.29. The van der Waals surface area contributed by atoms with Crippen molar-refractivity contribution in [1.29, 1.82) is 0 Å². The number of nitrogens with one attached hydrogen (secondary N) is 1. The van der Waals surface area contributed by atoms with E-state index in [-0.39, 0.29) is 11.9 Å². The number of carbonyl (C=O) groups is 1. The number of hydrogen-bond donors (Lipinski definition) is 1. The smallest absolute Gasteiger partial charge is 0.244 e. The highest BCUT2D eigenvalue weighted by molar-refractivity contribution is 7.11. The van der Waals surface area contributed by atoms with Gasteiger partial charge in [0, 0.05) is 16.5 Å². The molecule has 1 aromatic heterocycles. The summed E-state index contributed by atoms with van der Waals surface area (Å²) in [5.74, 6) is 1.30. The molecule has 2 aromatic rings. The number of aryl methyl sites for hydroxylation is 1. The normalized spacial score (nSPS) is 12.2. The second kappa shape index (κ2) is 7.83. The highest BCUT2D eigenvalue weighted by atomic mass is 32.1. The van der Waals surface area contributed by atoms with Crippen LogP contribution in [0.1, 0.15) is 29.0 Å². The molecule has 0 saturated carbocycles. The second-order valence-electron chi connectivity index (χ2n) is 5.14. The maximum atomic E-state index is 12.1. The number of hydrogen-bond acceptors (Lipinski definition) is 4. The van der Waals surface area contributed by atoms with E-state index in [1.807, 2.05) is 49.6 Å². The van der Waals surface area contributed by atoms with Crippen LogP contribution >= 0.6 is 11.3 Å². The van der Waals surface area contributed by atoms with Crippen molar-refractivity contribution < 1.29 is 14.3 Å². The van der Waals surface area contributed by atoms with Gasteiger partial charge in [0.15, 0.2) is 0 Å². The summed E-state index contributed by atoms with van der Waals surface area (Å²) in [7, 11) is 3.22. The number of carbonyl (C=O) groups excluding carboxylic acids is 1. The number of thiophene rings is 1. The van der Waals surface area contributed by atoms with Crippen LogP contribution in [0.4, 0.5) is 0 Å². The van der Waals surface area contributed by atoms with Gasteiger partial charge in [0.1, 0.15) is 11.5 Å². The zero-order valence-corrected chi connectivity index (χ0v) is 14.6. The lowest BCUT2D eigenvalue weighted by Gasteiger charge is -2.17. The fourth-order valence-electron chi connectivity index (χ4n) is 2.22. The van der Waals surface area contributed by atoms with Crippen molar-refractivity contribution in [2.45, 2.75) is 19.9 Å². The summed E-state index contributed by atoms with van der Waals surface area (Å²) < 4.78 is 10.6. The Bertz CT molecular complexity index is 706. The molecule has 0 radical (unpaired) electrons. The first-order valence-electron chi connectivity index (χ1n) is 7.29. The van der Waals surface area contributed by atoms with Gasteiger partial charge in [-0.1, -0.05) is 0 Å². The Morgan fingerprint density at radius 1 is 1.26 bits per heavy atom. The Morgan fingerprint density at radius 3 is 2.65 bits per heavy atom. The zero-order chi connectivity index (χ0) is 16.8. The number of methoxy groups -OCH3 is 2. The van der Waals surface area contributed by atoms with Gasteiger partial charge in [-0.15, -0.1) is 11.3 Å². The van der Waals surface area contributed by atoms with Gasteiger partial charge in [-0.3, -0.25) is 4.79 Å². The van der Waals surface area contributed by atoms with Crippen molar-refractivity contribution in [3.8, 4) is 11.5 Å². The van der Waals surface area contributed by atoms with E-state index in [4.69, 9.17) is 9.47 Å². The molecule has 0 bridgehead atoms. The molecule has 2 rings (SSSR count). The lowest BCUT2D eigenvalue weighted by molar-refractivity contribution is -0.117. The number of benzene rings is 1. The molecule has 0 unspecified atom stereocenters. The van der Waals surface area contributed by atoms with E-state index in [1.54, 1.807) is 31.6 Å². The van der Waals surface area contributed by atoms with Gasteiger partial charge in [-0.2, -0.15) is 0 Å². The summed E-state index contributed by atoms with van der Waals surface area (Å²) in [5, 5.41) is 4.96. The topological polar surface area (TPSA) is 47.6 Å². The Kier molecular flexibility index (Phi) is 5.82. The summed E-state index contributed by atoms with van der Waals surface area (Å²) in [5.41, 5.74) is 2.04. The summed E-state index contributed by atoms with van der Waals surface area (Å²) in [4.78, 5) is 13.2. The third-order valence-corrected chi connectivity index (χ3v) is 4.53. The highest BCUT2D eigenvalue weighted by Gasteiger charge is 2.14. The van der Waals surface area contributed by atoms with Crippen LogP contribution in [0.15, 0.2) is 35.7 Å². The third kappa shape index (κ3) is 4.36. The molecule has 0 fully saturated rings. The molecule has 1 atom stereocenters. The van der Waals surface area contributed by atoms with E-state index in [0.29, 0.717) is 0 Å². The van der Waals surface area contributed by atoms with Crippen LogP contribution < -0.4 is 14.8 Å². The van der Waals surface area contributed by atoms with Crippen molar-refractivity contribution in [3.63, 3.8) is 0 Å². The molecular weight excluding hydrogens is 310 g/mol. The Labute approximate surface area is 140 Å². The quantitative estimate of drug-likeness (QED) is 0.815. The lowest BCUT2D eigenvalue weighted by Crippen LogP contribution is -2.25. The monoisotopic (exact) mass is 331 g/mol. The van der Waals surface area contributed by atoms with Gasteiger partial charge in [0.05, 0.1) is 20.3 Å². The Balaban J connectivity index is 2.09. The molecule has 1 N–H and O–H groups in total. The van der Waals surface area contributed by atoms with Crippen LogP contribution in [0.2, 0.25) is 0 Å². The average Bonchev–Trinajstić information content (AvgIpc) is 2.97. The number of amides is 1. The number of rotatable bonds is 6. The molecule has 0 aliphatic rings. The van der Waals surface area contributed by atoms with Crippen molar-refractivity contribution in [1.82, 2.24) is 5.32 Å². The molecule has 4 nitrogen and oxygen atoms in total. The summed E-state index contributed by atoms with van der Waals surface area (Å²) in [6, 6.07) is 7.38. The molecule has 122 valence electrons. The minimum Gasteiger partial charge on any atom is -0.497 e. The molecule has 23 heavy (non-hydrogen) atoms. The predicted octanol–water partition coefficient (Wildman–Crippen LogP) is 3.96. The van der Waals surface area contributed by atoms with Crippen LogP contribution in [0.5, 0.6) is 11.5 Å². The fraction of sp³-hybridized carbons (Fsp3) is 0.278. The third-order valence-electron chi connectivity index (χ3n) is 3.55. The standard InChI is InChI=1S/C18H21NO3S/c1-12-9-10-23-17(12)7-8-18(20)19-13(2)15-11-14(21-3)5-6-16(15)22-4/h5-11,13H,1-4H3,(H,19,20)/b8-7+/t13-/m1/s1. The zero-order valence-electron chi connectivity index (χ0n) is 13.8. The van der Waals surface area contributed by atoms with E-state index in [9.17, 15) is 4.79 Å². The first-order valence-corrected chi connectivity index (χ1v) is 8.17. The molecule has 1 heterocycles. The molecule has 0 spiro atoms. The molecule has 0 aliphatic heterocycles. The van der Waals surface area contributed by atoms with Crippen LogP contribution in [-0.2, 0) is 4.79 Å². The van der Waals surface area contributed by atoms with Crippen LogP contribution in [0.25, 0.3) is 6.08 Å². The van der Waals surface area contributed by atoms with Gasteiger partial charge in [-0.05, 0) is 55.1 Å². The summed E-state index contributed by atoms with van der Waals surface area (Å²) in [6.45, 7) is 3.94. The fourth-order valence-corrected chi connectivity index (χ4v) is 3.04. The maximum Gasteiger partial charge on any atom is 0.244 e. The van der Waals surface area contributed by atoms with Crippen molar-refractivity contribution in [2.24, 2.45) is 0 Å². The molecule has 1 amide bonds. The van der Waals surface area contributed by atoms with Crippen molar-refractivity contribution >= 4 is 23.3 Å². The maximum absolute atomic E-state index is 12.1. The van der Waals surface area contributed by atoms with E-state index < -0.39 is 0 Å². The van der Waals surface area contributed by atoms with Crippen LogP contribution in [0.3, 0.4) is 0 Å². The first kappa shape index (κ1) is 17.1.